The van der Waals surface area contributed by atoms with Crippen LogP contribution in [0.1, 0.15) is 12.8 Å². The van der Waals surface area contributed by atoms with Crippen molar-refractivity contribution in [3.05, 3.63) is 0 Å². The second-order valence-electron chi connectivity index (χ2n) is 1.97. The first kappa shape index (κ1) is 7.38. The van der Waals surface area contributed by atoms with E-state index in [1.165, 1.54) is 0 Å². The quantitative estimate of drug-likeness (QED) is 0.554. The Morgan fingerprint density at radius 3 is 2.22 bits per heavy atom. The minimum absolute atomic E-state index is 0.819. The Kier molecular flexibility index (Phi) is 2.82. The fraction of sp³-hybridized carbons (Fsp3) is 1.00. The van der Waals surface area contributed by atoms with Crippen molar-refractivity contribution in [2.24, 2.45) is 0 Å². The van der Waals surface area contributed by atoms with Crippen LogP contribution < -0.4 is 0 Å². The van der Waals surface area contributed by atoms with Crippen molar-refractivity contribution < 1.29 is 14.4 Å². The maximum absolute atomic E-state index is 8.37. The van der Waals surface area contributed by atoms with Gasteiger partial charge in [0.1, 0.15) is 0 Å². The van der Waals surface area contributed by atoms with Gasteiger partial charge in [0, 0.05) is 13.1 Å². The molecule has 5 heteroatoms. The molecule has 1 aliphatic heterocycles. The van der Waals surface area contributed by atoms with Crippen LogP contribution in [-0.2, 0) is 4.62 Å². The first-order chi connectivity index (χ1) is 4.29. The Bertz CT molecular complexity index is 83.9. The maximum atomic E-state index is 8.37. The molecule has 1 aliphatic rings. The van der Waals surface area contributed by atoms with Gasteiger partial charge >= 0.3 is 8.60 Å². The van der Waals surface area contributed by atoms with E-state index in [0.29, 0.717) is 0 Å². The summed E-state index contributed by atoms with van der Waals surface area (Å²) >= 11 is 0. The molecular weight excluding hydrogens is 141 g/mol. The summed E-state index contributed by atoms with van der Waals surface area (Å²) in [6.07, 6.45) is 2.17. The highest BCUT2D eigenvalue weighted by atomic mass is 31.2. The molecule has 54 valence electrons. The number of hydroxylamine groups is 2. The molecule has 1 fully saturated rings. The predicted molar refractivity (Wildman–Crippen MR) is 33.2 cm³/mol. The third-order valence-corrected chi connectivity index (χ3v) is 1.63. The van der Waals surface area contributed by atoms with Gasteiger partial charge in [-0.15, -0.1) is 0 Å². The fourth-order valence-electron chi connectivity index (χ4n) is 0.873. The molecule has 0 aromatic carbocycles. The molecule has 1 saturated heterocycles. The van der Waals surface area contributed by atoms with Crippen LogP contribution in [0.25, 0.3) is 0 Å². The average molecular weight is 151 g/mol. The standard InChI is InChI=1S/C4H10NO3P/c6-9(7)8-5-3-1-2-4-5/h6-7H,1-4H2. The minimum Gasteiger partial charge on any atom is -0.327 e. The van der Waals surface area contributed by atoms with Gasteiger partial charge in [-0.3, -0.25) is 0 Å². The van der Waals surface area contributed by atoms with Gasteiger partial charge in [0.2, 0.25) is 0 Å². The molecule has 0 aromatic heterocycles. The Hall–Kier alpha value is 0.270. The number of hydrogen-bond donors (Lipinski definition) is 2. The molecular formula is C4H10NO3P. The van der Waals surface area contributed by atoms with Crippen LogP contribution in [0, 0.1) is 0 Å². The number of rotatable bonds is 2. The van der Waals surface area contributed by atoms with E-state index in [-0.39, 0.29) is 0 Å². The smallest absolute Gasteiger partial charge is 0.327 e. The largest absolute Gasteiger partial charge is 0.345 e. The van der Waals surface area contributed by atoms with Gasteiger partial charge in [-0.05, 0) is 12.8 Å². The lowest BCUT2D eigenvalue weighted by Crippen LogP contribution is -2.16. The SMILES string of the molecule is OP(O)ON1CCCC1. The van der Waals surface area contributed by atoms with Crippen LogP contribution in [0.5, 0.6) is 0 Å². The molecule has 0 unspecified atom stereocenters. The molecule has 1 heterocycles. The van der Waals surface area contributed by atoms with Crippen molar-refractivity contribution in [3.63, 3.8) is 0 Å². The highest BCUT2D eigenvalue weighted by molar-refractivity contribution is 7.39. The molecule has 0 aliphatic carbocycles. The fourth-order valence-corrected chi connectivity index (χ4v) is 1.24. The van der Waals surface area contributed by atoms with Crippen molar-refractivity contribution >= 4 is 8.60 Å². The highest BCUT2D eigenvalue weighted by Gasteiger charge is 2.15. The lowest BCUT2D eigenvalue weighted by molar-refractivity contribution is -0.0451. The van der Waals surface area contributed by atoms with Crippen molar-refractivity contribution in [1.82, 2.24) is 5.06 Å². The van der Waals surface area contributed by atoms with Crippen LogP contribution in [0.4, 0.5) is 0 Å². The second-order valence-corrected chi connectivity index (χ2v) is 2.64. The maximum Gasteiger partial charge on any atom is 0.345 e. The summed E-state index contributed by atoms with van der Waals surface area (Å²) in [7, 11) is -2.19. The van der Waals surface area contributed by atoms with Crippen LogP contribution in [0.15, 0.2) is 0 Å². The monoisotopic (exact) mass is 151 g/mol. The molecule has 9 heavy (non-hydrogen) atoms. The normalized spacial score (nSPS) is 21.7. The van der Waals surface area contributed by atoms with Crippen molar-refractivity contribution in [2.45, 2.75) is 12.8 Å². The van der Waals surface area contributed by atoms with Crippen LogP contribution in [0.3, 0.4) is 0 Å². The molecule has 0 saturated carbocycles. The molecule has 2 N–H and O–H groups in total. The number of hydrogen-bond acceptors (Lipinski definition) is 4. The van der Waals surface area contributed by atoms with Gasteiger partial charge in [-0.1, -0.05) is 0 Å². The molecule has 0 atom stereocenters. The van der Waals surface area contributed by atoms with E-state index in [2.05, 4.69) is 4.62 Å². The molecule has 4 nitrogen and oxygen atoms in total. The van der Waals surface area contributed by atoms with E-state index < -0.39 is 8.60 Å². The van der Waals surface area contributed by atoms with Gasteiger partial charge in [0.15, 0.2) is 0 Å². The van der Waals surface area contributed by atoms with Crippen LogP contribution in [0.2, 0.25) is 0 Å². The zero-order valence-electron chi connectivity index (χ0n) is 5.03. The van der Waals surface area contributed by atoms with Crippen molar-refractivity contribution in [1.29, 1.82) is 0 Å². The molecule has 1 rings (SSSR count). The summed E-state index contributed by atoms with van der Waals surface area (Å²) in [6.45, 7) is 1.64. The molecule has 0 spiro atoms. The van der Waals surface area contributed by atoms with Crippen molar-refractivity contribution in [2.75, 3.05) is 13.1 Å². The Labute approximate surface area is 55.0 Å². The summed E-state index contributed by atoms with van der Waals surface area (Å²) in [6, 6.07) is 0. The predicted octanol–water partition coefficient (Wildman–Crippen LogP) is 0.225. The van der Waals surface area contributed by atoms with Crippen LogP contribution >= 0.6 is 8.60 Å². The first-order valence-corrected chi connectivity index (χ1v) is 4.06. The molecule has 0 aromatic rings. The van der Waals surface area contributed by atoms with E-state index >= 15 is 0 Å². The molecule has 0 amide bonds. The van der Waals surface area contributed by atoms with Crippen LogP contribution in [-0.4, -0.2) is 27.9 Å². The van der Waals surface area contributed by atoms with E-state index in [1.54, 1.807) is 5.06 Å². The summed E-state index contributed by atoms with van der Waals surface area (Å²) < 4.78 is 4.62. The lowest BCUT2D eigenvalue weighted by atomic mass is 10.4. The third-order valence-electron chi connectivity index (χ3n) is 1.25. The van der Waals surface area contributed by atoms with Gasteiger partial charge in [0.05, 0.1) is 0 Å². The summed E-state index contributed by atoms with van der Waals surface area (Å²) in [5.74, 6) is 0. The first-order valence-electron chi connectivity index (χ1n) is 2.90. The van der Waals surface area contributed by atoms with E-state index in [1.807, 2.05) is 0 Å². The van der Waals surface area contributed by atoms with Gasteiger partial charge in [-0.25, -0.2) is 4.62 Å². The topological polar surface area (TPSA) is 52.9 Å². The van der Waals surface area contributed by atoms with Gasteiger partial charge < -0.3 is 9.79 Å². The van der Waals surface area contributed by atoms with Gasteiger partial charge in [0.25, 0.3) is 0 Å². The second kappa shape index (κ2) is 3.44. The van der Waals surface area contributed by atoms with E-state index in [4.69, 9.17) is 9.79 Å². The summed E-state index contributed by atoms with van der Waals surface area (Å²) in [5, 5.41) is 1.59. The van der Waals surface area contributed by atoms with E-state index in [9.17, 15) is 0 Å². The van der Waals surface area contributed by atoms with Crippen molar-refractivity contribution in [3.8, 4) is 0 Å². The Morgan fingerprint density at radius 2 is 1.78 bits per heavy atom. The third kappa shape index (κ3) is 2.56. The van der Waals surface area contributed by atoms with E-state index in [0.717, 1.165) is 25.9 Å². The Balaban J connectivity index is 2.11. The zero-order valence-corrected chi connectivity index (χ0v) is 5.92. The molecule has 0 bridgehead atoms. The summed E-state index contributed by atoms with van der Waals surface area (Å²) in [5.41, 5.74) is 0. The number of nitrogens with zero attached hydrogens (tertiary/aromatic N) is 1. The molecule has 0 radical (unpaired) electrons. The summed E-state index contributed by atoms with van der Waals surface area (Å²) in [4.78, 5) is 16.7. The highest BCUT2D eigenvalue weighted by Crippen LogP contribution is 2.28. The zero-order chi connectivity index (χ0) is 6.69. The average Bonchev–Trinajstić information content (AvgIpc) is 2.15. The Morgan fingerprint density at radius 1 is 1.22 bits per heavy atom. The lowest BCUT2D eigenvalue weighted by Gasteiger charge is -2.13. The van der Waals surface area contributed by atoms with Gasteiger partial charge in [-0.2, -0.15) is 5.06 Å². The minimum atomic E-state index is -2.19.